The van der Waals surface area contributed by atoms with Crippen LogP contribution in [0.25, 0.3) is 5.65 Å². The number of amides is 1. The maximum Gasteiger partial charge on any atom is 0.350 e. The SMILES string of the molecule is Cc1cccc(NC(=O)Cn2nc3c(N4CCN(c5ccccc5C)CC4)nccn3c2=O)c1. The summed E-state index contributed by atoms with van der Waals surface area (Å²) in [5.74, 6) is 0.347. The molecule has 2 aromatic carbocycles. The number of fused-ring (bicyclic) bond motifs is 1. The van der Waals surface area contributed by atoms with Gasteiger partial charge < -0.3 is 15.1 Å². The van der Waals surface area contributed by atoms with Gasteiger partial charge in [-0.2, -0.15) is 0 Å². The Morgan fingerprint density at radius 2 is 1.76 bits per heavy atom. The summed E-state index contributed by atoms with van der Waals surface area (Å²) < 4.78 is 2.64. The molecule has 0 aliphatic carbocycles. The van der Waals surface area contributed by atoms with Crippen molar-refractivity contribution in [2.24, 2.45) is 0 Å². The molecule has 0 radical (unpaired) electrons. The summed E-state index contributed by atoms with van der Waals surface area (Å²) in [5.41, 5.74) is 4.33. The quantitative estimate of drug-likeness (QED) is 0.495. The normalized spacial score (nSPS) is 13.9. The van der Waals surface area contributed by atoms with Crippen LogP contribution in [0.15, 0.2) is 65.7 Å². The van der Waals surface area contributed by atoms with E-state index in [9.17, 15) is 9.59 Å². The molecule has 34 heavy (non-hydrogen) atoms. The number of benzene rings is 2. The van der Waals surface area contributed by atoms with Crippen molar-refractivity contribution in [2.75, 3.05) is 41.3 Å². The number of aromatic nitrogens is 4. The summed E-state index contributed by atoms with van der Waals surface area (Å²) in [6.07, 6.45) is 3.20. The highest BCUT2D eigenvalue weighted by Gasteiger charge is 2.23. The van der Waals surface area contributed by atoms with Crippen LogP contribution in [0.2, 0.25) is 0 Å². The molecular formula is C25H27N7O2. The smallest absolute Gasteiger partial charge is 0.350 e. The third-order valence-corrected chi connectivity index (χ3v) is 6.11. The summed E-state index contributed by atoms with van der Waals surface area (Å²) in [7, 11) is 0. The van der Waals surface area contributed by atoms with Crippen LogP contribution in [0.4, 0.5) is 17.2 Å². The monoisotopic (exact) mass is 457 g/mol. The van der Waals surface area contributed by atoms with Crippen molar-refractivity contribution in [2.45, 2.75) is 20.4 Å². The van der Waals surface area contributed by atoms with Gasteiger partial charge in [-0.15, -0.1) is 5.10 Å². The lowest BCUT2D eigenvalue weighted by molar-refractivity contribution is -0.117. The highest BCUT2D eigenvalue weighted by Crippen LogP contribution is 2.23. The number of nitrogens with one attached hydrogen (secondary N) is 1. The molecule has 1 amide bonds. The maximum atomic E-state index is 12.9. The number of aryl methyl sites for hydroxylation is 2. The fourth-order valence-corrected chi connectivity index (χ4v) is 4.40. The number of anilines is 3. The molecule has 5 rings (SSSR count). The Bertz CT molecular complexity index is 1400. The molecule has 1 N–H and O–H groups in total. The Labute approximate surface area is 197 Å². The molecule has 0 spiro atoms. The van der Waals surface area contributed by atoms with E-state index in [0.717, 1.165) is 31.7 Å². The number of piperazine rings is 1. The molecule has 4 aromatic rings. The first kappa shape index (κ1) is 21.7. The van der Waals surface area contributed by atoms with E-state index in [2.05, 4.69) is 56.4 Å². The highest BCUT2D eigenvalue weighted by molar-refractivity contribution is 5.90. The predicted octanol–water partition coefficient (Wildman–Crippen LogP) is 2.47. The summed E-state index contributed by atoms with van der Waals surface area (Å²) in [4.78, 5) is 34.5. The number of nitrogens with zero attached hydrogens (tertiary/aromatic N) is 6. The molecule has 1 aliphatic heterocycles. The highest BCUT2D eigenvalue weighted by atomic mass is 16.2. The fraction of sp³-hybridized carbons (Fsp3) is 0.280. The molecule has 0 atom stereocenters. The number of carbonyl (C=O) groups excluding carboxylic acids is 1. The third-order valence-electron chi connectivity index (χ3n) is 6.11. The van der Waals surface area contributed by atoms with Crippen LogP contribution in [0.3, 0.4) is 0 Å². The molecule has 9 heteroatoms. The van der Waals surface area contributed by atoms with E-state index in [0.29, 0.717) is 17.2 Å². The predicted molar refractivity (Wildman–Crippen MR) is 133 cm³/mol. The average molecular weight is 458 g/mol. The van der Waals surface area contributed by atoms with Crippen LogP contribution >= 0.6 is 0 Å². The second kappa shape index (κ2) is 9.01. The Morgan fingerprint density at radius 3 is 2.53 bits per heavy atom. The Balaban J connectivity index is 1.34. The van der Waals surface area contributed by atoms with Crippen molar-refractivity contribution in [3.8, 4) is 0 Å². The Hall–Kier alpha value is -4.14. The molecule has 9 nitrogen and oxygen atoms in total. The zero-order chi connectivity index (χ0) is 23.7. The van der Waals surface area contributed by atoms with E-state index in [1.807, 2.05) is 31.2 Å². The van der Waals surface area contributed by atoms with Gasteiger partial charge in [0.15, 0.2) is 5.82 Å². The molecule has 0 unspecified atom stereocenters. The molecule has 3 heterocycles. The van der Waals surface area contributed by atoms with Crippen molar-refractivity contribution in [1.29, 1.82) is 0 Å². The summed E-state index contributed by atoms with van der Waals surface area (Å²) in [6.45, 7) is 7.12. The number of hydrogen-bond donors (Lipinski definition) is 1. The average Bonchev–Trinajstić information content (AvgIpc) is 3.15. The first-order valence-electron chi connectivity index (χ1n) is 11.4. The molecular weight excluding hydrogens is 430 g/mol. The van der Waals surface area contributed by atoms with Crippen molar-refractivity contribution < 1.29 is 4.79 Å². The minimum Gasteiger partial charge on any atom is -0.368 e. The van der Waals surface area contributed by atoms with Gasteiger partial charge in [-0.1, -0.05) is 30.3 Å². The molecule has 1 aliphatic rings. The fourth-order valence-electron chi connectivity index (χ4n) is 4.40. The van der Waals surface area contributed by atoms with E-state index in [4.69, 9.17) is 0 Å². The van der Waals surface area contributed by atoms with Crippen LogP contribution in [0, 0.1) is 13.8 Å². The second-order valence-corrected chi connectivity index (χ2v) is 8.56. The van der Waals surface area contributed by atoms with E-state index < -0.39 is 0 Å². The van der Waals surface area contributed by atoms with E-state index in [1.54, 1.807) is 12.4 Å². The standard InChI is InChI=1S/C25H27N7O2/c1-18-6-5-8-20(16-18)27-22(33)17-32-25(34)31-11-10-26-23(24(31)28-32)30-14-12-29(13-15-30)21-9-4-3-7-19(21)2/h3-11,16H,12-15,17H2,1-2H3,(H,27,33). The van der Waals surface area contributed by atoms with E-state index >= 15 is 0 Å². The number of hydrogen-bond acceptors (Lipinski definition) is 6. The number of rotatable bonds is 5. The Kier molecular flexibility index (Phi) is 5.75. The van der Waals surface area contributed by atoms with Crippen LogP contribution in [0.5, 0.6) is 0 Å². The molecule has 0 saturated carbocycles. The van der Waals surface area contributed by atoms with Crippen molar-refractivity contribution in [3.63, 3.8) is 0 Å². The van der Waals surface area contributed by atoms with Crippen LogP contribution < -0.4 is 20.8 Å². The molecule has 0 bridgehead atoms. The van der Waals surface area contributed by atoms with E-state index in [1.165, 1.54) is 20.3 Å². The first-order valence-corrected chi connectivity index (χ1v) is 11.4. The van der Waals surface area contributed by atoms with Gasteiger partial charge in [0.1, 0.15) is 6.54 Å². The van der Waals surface area contributed by atoms with Gasteiger partial charge in [-0.25, -0.2) is 18.9 Å². The zero-order valence-electron chi connectivity index (χ0n) is 19.3. The van der Waals surface area contributed by atoms with Crippen molar-refractivity contribution in [1.82, 2.24) is 19.2 Å². The van der Waals surface area contributed by atoms with Gasteiger partial charge >= 0.3 is 5.69 Å². The van der Waals surface area contributed by atoms with Gasteiger partial charge in [0, 0.05) is 49.9 Å². The topological polar surface area (TPSA) is 87.8 Å². The number of carbonyl (C=O) groups is 1. The summed E-state index contributed by atoms with van der Waals surface area (Å²) in [6, 6.07) is 15.9. The summed E-state index contributed by atoms with van der Waals surface area (Å²) in [5, 5.41) is 7.29. The second-order valence-electron chi connectivity index (χ2n) is 8.56. The summed E-state index contributed by atoms with van der Waals surface area (Å²) >= 11 is 0. The molecule has 1 fully saturated rings. The minimum atomic E-state index is -0.364. The van der Waals surface area contributed by atoms with Crippen LogP contribution in [-0.4, -0.2) is 51.3 Å². The minimum absolute atomic E-state index is 0.172. The molecule has 174 valence electrons. The lowest BCUT2D eigenvalue weighted by Crippen LogP contribution is -2.47. The van der Waals surface area contributed by atoms with Crippen LogP contribution in [0.1, 0.15) is 11.1 Å². The van der Waals surface area contributed by atoms with Gasteiger partial charge in [-0.3, -0.25) is 4.79 Å². The Morgan fingerprint density at radius 1 is 1.00 bits per heavy atom. The van der Waals surface area contributed by atoms with E-state index in [-0.39, 0.29) is 18.1 Å². The number of para-hydroxylation sites is 1. The largest absolute Gasteiger partial charge is 0.368 e. The van der Waals surface area contributed by atoms with Gasteiger partial charge in [0.25, 0.3) is 0 Å². The van der Waals surface area contributed by atoms with Crippen molar-refractivity contribution in [3.05, 3.63) is 82.5 Å². The van der Waals surface area contributed by atoms with Crippen LogP contribution in [-0.2, 0) is 11.3 Å². The van der Waals surface area contributed by atoms with Gasteiger partial charge in [0.05, 0.1) is 0 Å². The lowest BCUT2D eigenvalue weighted by Gasteiger charge is -2.37. The molecule has 1 saturated heterocycles. The maximum absolute atomic E-state index is 12.9. The van der Waals surface area contributed by atoms with Gasteiger partial charge in [-0.05, 0) is 43.2 Å². The van der Waals surface area contributed by atoms with Crippen molar-refractivity contribution >= 4 is 28.7 Å². The first-order chi connectivity index (χ1) is 16.5. The molecule has 2 aromatic heterocycles. The zero-order valence-corrected chi connectivity index (χ0v) is 19.3. The van der Waals surface area contributed by atoms with Gasteiger partial charge in [0.2, 0.25) is 11.6 Å². The lowest BCUT2D eigenvalue weighted by atomic mass is 10.1. The third kappa shape index (κ3) is 4.24.